The van der Waals surface area contributed by atoms with Crippen LogP contribution in [0.3, 0.4) is 0 Å². The lowest BCUT2D eigenvalue weighted by atomic mass is 10.2. The molecule has 0 bridgehead atoms. The van der Waals surface area contributed by atoms with Crippen molar-refractivity contribution >= 4 is 33.2 Å². The molecule has 2 rings (SSSR count). The Kier molecular flexibility index (Phi) is 4.44. The second-order valence-electron chi connectivity index (χ2n) is 3.67. The third-order valence-electron chi connectivity index (χ3n) is 2.47. The van der Waals surface area contributed by atoms with Crippen LogP contribution < -0.4 is 10.1 Å². The van der Waals surface area contributed by atoms with Gasteiger partial charge >= 0.3 is 0 Å². The van der Waals surface area contributed by atoms with E-state index < -0.39 is 0 Å². The summed E-state index contributed by atoms with van der Waals surface area (Å²) in [5.74, 6) is 0.776. The minimum absolute atomic E-state index is 0.584. The van der Waals surface area contributed by atoms with E-state index >= 15 is 0 Å². The van der Waals surface area contributed by atoms with Crippen molar-refractivity contribution < 1.29 is 4.74 Å². The van der Waals surface area contributed by atoms with Gasteiger partial charge in [-0.25, -0.2) is 0 Å². The van der Waals surface area contributed by atoms with Gasteiger partial charge in [-0.1, -0.05) is 17.7 Å². The van der Waals surface area contributed by atoms with Crippen molar-refractivity contribution in [2.75, 3.05) is 12.4 Å². The molecule has 0 aliphatic rings. The molecule has 1 aromatic heterocycles. The SMILES string of the molecule is COc1cccc(Cl)c1CNc1cncc(Br)c1. The van der Waals surface area contributed by atoms with Gasteiger partial charge in [0.15, 0.2) is 0 Å². The van der Waals surface area contributed by atoms with Crippen molar-refractivity contribution in [1.82, 2.24) is 4.98 Å². The van der Waals surface area contributed by atoms with Gasteiger partial charge in [-0.2, -0.15) is 0 Å². The fourth-order valence-corrected chi connectivity index (χ4v) is 2.20. The van der Waals surface area contributed by atoms with Crippen LogP contribution in [-0.4, -0.2) is 12.1 Å². The Balaban J connectivity index is 2.15. The molecule has 0 fully saturated rings. The van der Waals surface area contributed by atoms with Gasteiger partial charge in [-0.15, -0.1) is 0 Å². The normalized spacial score (nSPS) is 10.2. The molecule has 0 unspecified atom stereocenters. The summed E-state index contributed by atoms with van der Waals surface area (Å²) in [6.45, 7) is 0.584. The van der Waals surface area contributed by atoms with Crippen LogP contribution in [-0.2, 0) is 6.54 Å². The van der Waals surface area contributed by atoms with Crippen molar-refractivity contribution in [3.63, 3.8) is 0 Å². The Bertz CT molecular complexity index is 548. The first-order valence-electron chi connectivity index (χ1n) is 5.36. The molecule has 18 heavy (non-hydrogen) atoms. The van der Waals surface area contributed by atoms with E-state index in [1.807, 2.05) is 24.3 Å². The lowest BCUT2D eigenvalue weighted by Crippen LogP contribution is -2.02. The summed E-state index contributed by atoms with van der Waals surface area (Å²) >= 11 is 9.54. The van der Waals surface area contributed by atoms with E-state index in [-0.39, 0.29) is 0 Å². The molecule has 0 radical (unpaired) electrons. The van der Waals surface area contributed by atoms with Gasteiger partial charge in [-0.3, -0.25) is 4.98 Å². The van der Waals surface area contributed by atoms with Crippen LogP contribution in [0.5, 0.6) is 5.75 Å². The Morgan fingerprint density at radius 1 is 1.39 bits per heavy atom. The van der Waals surface area contributed by atoms with Crippen molar-refractivity contribution in [3.8, 4) is 5.75 Å². The number of nitrogens with zero attached hydrogens (tertiary/aromatic N) is 1. The standard InChI is InChI=1S/C13H12BrClN2O/c1-18-13-4-2-3-12(15)11(13)8-17-10-5-9(14)6-16-7-10/h2-7,17H,8H2,1H3. The third-order valence-corrected chi connectivity index (χ3v) is 3.26. The zero-order valence-electron chi connectivity index (χ0n) is 9.78. The van der Waals surface area contributed by atoms with E-state index in [4.69, 9.17) is 16.3 Å². The first-order valence-corrected chi connectivity index (χ1v) is 6.53. The topological polar surface area (TPSA) is 34.1 Å². The van der Waals surface area contributed by atoms with E-state index in [2.05, 4.69) is 26.2 Å². The first kappa shape index (κ1) is 13.2. The molecule has 2 aromatic rings. The highest BCUT2D eigenvalue weighted by atomic mass is 79.9. The summed E-state index contributed by atoms with van der Waals surface area (Å²) in [6.07, 6.45) is 3.50. The molecule has 0 aliphatic heterocycles. The summed E-state index contributed by atoms with van der Waals surface area (Å²) in [7, 11) is 1.63. The van der Waals surface area contributed by atoms with Crippen LogP contribution in [0.2, 0.25) is 5.02 Å². The summed E-state index contributed by atoms with van der Waals surface area (Å²) in [4.78, 5) is 4.09. The van der Waals surface area contributed by atoms with E-state index in [0.717, 1.165) is 21.5 Å². The molecule has 1 N–H and O–H groups in total. The number of rotatable bonds is 4. The Hall–Kier alpha value is -1.26. The van der Waals surface area contributed by atoms with E-state index in [0.29, 0.717) is 11.6 Å². The molecule has 0 spiro atoms. The number of hydrogen-bond acceptors (Lipinski definition) is 3. The summed E-state index contributed by atoms with van der Waals surface area (Å²) in [5.41, 5.74) is 1.85. The minimum Gasteiger partial charge on any atom is -0.496 e. The van der Waals surface area contributed by atoms with Crippen LogP contribution in [0, 0.1) is 0 Å². The lowest BCUT2D eigenvalue weighted by Gasteiger charge is -2.12. The maximum absolute atomic E-state index is 6.16. The summed E-state index contributed by atoms with van der Waals surface area (Å²) < 4.78 is 6.22. The van der Waals surface area contributed by atoms with Gasteiger partial charge in [-0.05, 0) is 34.1 Å². The van der Waals surface area contributed by atoms with Gasteiger partial charge in [0.1, 0.15) is 5.75 Å². The van der Waals surface area contributed by atoms with Crippen LogP contribution in [0.15, 0.2) is 41.1 Å². The fraction of sp³-hybridized carbons (Fsp3) is 0.154. The zero-order chi connectivity index (χ0) is 13.0. The van der Waals surface area contributed by atoms with Gasteiger partial charge in [0.2, 0.25) is 0 Å². The lowest BCUT2D eigenvalue weighted by molar-refractivity contribution is 0.410. The van der Waals surface area contributed by atoms with Crippen molar-refractivity contribution in [2.24, 2.45) is 0 Å². The smallest absolute Gasteiger partial charge is 0.125 e. The molecule has 0 aliphatic carbocycles. The number of methoxy groups -OCH3 is 1. The molecular weight excluding hydrogens is 316 g/mol. The monoisotopic (exact) mass is 326 g/mol. The number of ether oxygens (including phenoxy) is 1. The summed E-state index contributed by atoms with van der Waals surface area (Å²) in [5, 5.41) is 3.95. The minimum atomic E-state index is 0.584. The molecule has 0 saturated carbocycles. The van der Waals surface area contributed by atoms with E-state index in [1.165, 1.54) is 0 Å². The third kappa shape index (κ3) is 3.15. The second-order valence-corrected chi connectivity index (χ2v) is 4.99. The molecule has 0 atom stereocenters. The number of anilines is 1. The summed E-state index contributed by atoms with van der Waals surface area (Å²) in [6, 6.07) is 7.56. The van der Waals surface area contributed by atoms with Gasteiger partial charge < -0.3 is 10.1 Å². The largest absolute Gasteiger partial charge is 0.496 e. The molecule has 5 heteroatoms. The van der Waals surface area contributed by atoms with Crippen molar-refractivity contribution in [3.05, 3.63) is 51.7 Å². The maximum atomic E-state index is 6.16. The number of pyridine rings is 1. The number of hydrogen-bond donors (Lipinski definition) is 1. The highest BCUT2D eigenvalue weighted by Crippen LogP contribution is 2.27. The van der Waals surface area contributed by atoms with Crippen LogP contribution in [0.1, 0.15) is 5.56 Å². The number of nitrogens with one attached hydrogen (secondary N) is 1. The molecule has 1 heterocycles. The van der Waals surface area contributed by atoms with Gasteiger partial charge in [0.25, 0.3) is 0 Å². The molecular formula is C13H12BrClN2O. The predicted molar refractivity (Wildman–Crippen MR) is 77.3 cm³/mol. The quantitative estimate of drug-likeness (QED) is 0.917. The van der Waals surface area contributed by atoms with Crippen LogP contribution in [0.25, 0.3) is 0 Å². The maximum Gasteiger partial charge on any atom is 0.125 e. The van der Waals surface area contributed by atoms with Crippen molar-refractivity contribution in [2.45, 2.75) is 6.54 Å². The molecule has 1 aromatic carbocycles. The van der Waals surface area contributed by atoms with Gasteiger partial charge in [0.05, 0.1) is 19.0 Å². The van der Waals surface area contributed by atoms with Crippen LogP contribution in [0.4, 0.5) is 5.69 Å². The Labute approximate surface area is 119 Å². The average molecular weight is 328 g/mol. The average Bonchev–Trinajstić information content (AvgIpc) is 2.37. The highest BCUT2D eigenvalue weighted by molar-refractivity contribution is 9.10. The number of benzene rings is 1. The van der Waals surface area contributed by atoms with E-state index in [9.17, 15) is 0 Å². The molecule has 3 nitrogen and oxygen atoms in total. The molecule has 94 valence electrons. The van der Waals surface area contributed by atoms with Crippen molar-refractivity contribution in [1.29, 1.82) is 0 Å². The van der Waals surface area contributed by atoms with Gasteiger partial charge in [0, 0.05) is 27.8 Å². The Morgan fingerprint density at radius 3 is 2.94 bits per heavy atom. The predicted octanol–water partition coefficient (Wildman–Crippen LogP) is 4.12. The molecule has 0 saturated heterocycles. The number of halogens is 2. The van der Waals surface area contributed by atoms with E-state index in [1.54, 1.807) is 19.5 Å². The first-order chi connectivity index (χ1) is 8.70. The molecule has 0 amide bonds. The zero-order valence-corrected chi connectivity index (χ0v) is 12.1. The fourth-order valence-electron chi connectivity index (χ4n) is 1.60. The Morgan fingerprint density at radius 2 is 2.22 bits per heavy atom. The number of aromatic nitrogens is 1. The second kappa shape index (κ2) is 6.07. The highest BCUT2D eigenvalue weighted by Gasteiger charge is 2.07. The van der Waals surface area contributed by atoms with Crippen LogP contribution >= 0.6 is 27.5 Å².